The van der Waals surface area contributed by atoms with Crippen molar-refractivity contribution in [2.24, 2.45) is 0 Å². The fourth-order valence-corrected chi connectivity index (χ4v) is 1.31. The molecule has 1 heterocycles. The molecule has 78 valence electrons. The van der Waals surface area contributed by atoms with E-state index in [9.17, 15) is 5.11 Å². The molecule has 7 nitrogen and oxygen atoms in total. The van der Waals surface area contributed by atoms with Crippen molar-refractivity contribution in [3.05, 3.63) is 0 Å². The second kappa shape index (κ2) is 3.84. The number of aliphatic hydroxyl groups is 5. The first-order valence-electron chi connectivity index (χ1n) is 3.81. The first-order valence-corrected chi connectivity index (χ1v) is 3.81. The Labute approximate surface area is 74.0 Å². The smallest absolute Gasteiger partial charge is 0.158 e. The van der Waals surface area contributed by atoms with Gasteiger partial charge in [0.2, 0.25) is 0 Å². The van der Waals surface area contributed by atoms with Gasteiger partial charge in [-0.2, -0.15) is 5.06 Å². The highest BCUT2D eigenvalue weighted by Crippen LogP contribution is 2.20. The maximum Gasteiger partial charge on any atom is 0.158 e. The summed E-state index contributed by atoms with van der Waals surface area (Å²) in [5, 5.41) is 54.5. The lowest BCUT2D eigenvalue weighted by molar-refractivity contribution is -0.317. The molecule has 1 rings (SSSR count). The number of piperidine rings is 1. The van der Waals surface area contributed by atoms with Crippen molar-refractivity contribution >= 4 is 0 Å². The van der Waals surface area contributed by atoms with Crippen LogP contribution in [0.25, 0.3) is 0 Å². The molecule has 1 unspecified atom stereocenters. The zero-order valence-corrected chi connectivity index (χ0v) is 6.72. The molecule has 6 N–H and O–H groups in total. The molecule has 7 heteroatoms. The summed E-state index contributed by atoms with van der Waals surface area (Å²) in [5.74, 6) is 0. The van der Waals surface area contributed by atoms with Crippen LogP contribution in [0.5, 0.6) is 0 Å². The number of hydrogen-bond acceptors (Lipinski definition) is 7. The van der Waals surface area contributed by atoms with Crippen LogP contribution < -0.4 is 0 Å². The summed E-state index contributed by atoms with van der Waals surface area (Å²) in [6, 6.07) is -1.20. The third-order valence-electron chi connectivity index (χ3n) is 2.20. The average Bonchev–Trinajstić information content (AvgIpc) is 2.13. The SMILES string of the molecule is OC[C@@H]1[C@@H](O)[C@H](O)[C@@H](O)C(O)N1O. The first-order chi connectivity index (χ1) is 6.00. The Hall–Kier alpha value is -0.280. The summed E-state index contributed by atoms with van der Waals surface area (Å²) in [5.41, 5.74) is 0. The van der Waals surface area contributed by atoms with Gasteiger partial charge in [0.1, 0.15) is 18.3 Å². The number of rotatable bonds is 1. The summed E-state index contributed by atoms with van der Waals surface area (Å²) < 4.78 is 0. The third kappa shape index (κ3) is 1.67. The Balaban J connectivity index is 2.79. The summed E-state index contributed by atoms with van der Waals surface area (Å²) in [4.78, 5) is 0. The molecule has 0 radical (unpaired) electrons. The molecule has 1 fully saturated rings. The first kappa shape index (κ1) is 10.8. The van der Waals surface area contributed by atoms with E-state index in [2.05, 4.69) is 0 Å². The highest BCUT2D eigenvalue weighted by atomic mass is 16.6. The number of nitrogens with zero attached hydrogens (tertiary/aromatic N) is 1. The van der Waals surface area contributed by atoms with Gasteiger partial charge < -0.3 is 30.7 Å². The Morgan fingerprint density at radius 2 is 1.46 bits per heavy atom. The van der Waals surface area contributed by atoms with Gasteiger partial charge in [0.25, 0.3) is 0 Å². The fourth-order valence-electron chi connectivity index (χ4n) is 1.31. The van der Waals surface area contributed by atoms with Gasteiger partial charge >= 0.3 is 0 Å². The van der Waals surface area contributed by atoms with Crippen molar-refractivity contribution < 1.29 is 30.7 Å². The van der Waals surface area contributed by atoms with Gasteiger partial charge in [0.15, 0.2) is 6.23 Å². The van der Waals surface area contributed by atoms with Crippen molar-refractivity contribution in [2.45, 2.75) is 30.6 Å². The van der Waals surface area contributed by atoms with E-state index in [0.29, 0.717) is 0 Å². The average molecular weight is 195 g/mol. The lowest BCUT2D eigenvalue weighted by atomic mass is 9.95. The van der Waals surface area contributed by atoms with Gasteiger partial charge in [-0.05, 0) is 0 Å². The van der Waals surface area contributed by atoms with E-state index >= 15 is 0 Å². The normalized spacial score (nSPS) is 48.0. The Bertz CT molecular complexity index is 163. The van der Waals surface area contributed by atoms with Gasteiger partial charge in [-0.3, -0.25) is 0 Å². The third-order valence-corrected chi connectivity index (χ3v) is 2.20. The molecule has 1 saturated heterocycles. The Morgan fingerprint density at radius 3 is 1.92 bits per heavy atom. The Kier molecular flexibility index (Phi) is 3.19. The number of aliphatic hydroxyl groups excluding tert-OH is 5. The van der Waals surface area contributed by atoms with Crippen LogP contribution in [-0.2, 0) is 0 Å². The van der Waals surface area contributed by atoms with Crippen molar-refractivity contribution in [1.82, 2.24) is 5.06 Å². The minimum Gasteiger partial charge on any atom is -0.395 e. The second-order valence-electron chi connectivity index (χ2n) is 3.02. The van der Waals surface area contributed by atoms with Crippen molar-refractivity contribution in [2.75, 3.05) is 6.61 Å². The number of hydrogen-bond donors (Lipinski definition) is 6. The molecule has 0 aromatic carbocycles. The molecule has 0 saturated carbocycles. The van der Waals surface area contributed by atoms with Crippen LogP contribution in [0.1, 0.15) is 0 Å². The molecule has 0 bridgehead atoms. The largest absolute Gasteiger partial charge is 0.395 e. The number of hydroxylamine groups is 2. The maximum absolute atomic E-state index is 9.21. The molecule has 13 heavy (non-hydrogen) atoms. The van der Waals surface area contributed by atoms with Crippen LogP contribution in [0.4, 0.5) is 0 Å². The monoisotopic (exact) mass is 195 g/mol. The molecule has 1 aliphatic heterocycles. The predicted molar refractivity (Wildman–Crippen MR) is 38.5 cm³/mol. The zero-order chi connectivity index (χ0) is 10.2. The lowest BCUT2D eigenvalue weighted by Gasteiger charge is -2.42. The van der Waals surface area contributed by atoms with E-state index in [1.807, 2.05) is 0 Å². The molecular weight excluding hydrogens is 182 g/mol. The van der Waals surface area contributed by atoms with E-state index in [0.717, 1.165) is 0 Å². The molecule has 5 atom stereocenters. The predicted octanol–water partition coefficient (Wildman–Crippen LogP) is -3.55. The van der Waals surface area contributed by atoms with E-state index in [4.69, 9.17) is 25.6 Å². The van der Waals surface area contributed by atoms with Crippen LogP contribution in [0.15, 0.2) is 0 Å². The van der Waals surface area contributed by atoms with E-state index in [1.165, 1.54) is 0 Å². The highest BCUT2D eigenvalue weighted by Gasteiger charge is 2.46. The molecule has 1 aliphatic rings. The quantitative estimate of drug-likeness (QED) is 0.256. The lowest BCUT2D eigenvalue weighted by Crippen LogP contribution is -2.66. The van der Waals surface area contributed by atoms with Crippen LogP contribution >= 0.6 is 0 Å². The van der Waals surface area contributed by atoms with Crippen molar-refractivity contribution in [3.63, 3.8) is 0 Å². The molecule has 0 aliphatic carbocycles. The van der Waals surface area contributed by atoms with E-state index in [-0.39, 0.29) is 5.06 Å². The van der Waals surface area contributed by atoms with Gasteiger partial charge in [-0.15, -0.1) is 0 Å². The summed E-state index contributed by atoms with van der Waals surface area (Å²) in [7, 11) is 0. The topological polar surface area (TPSA) is 125 Å². The Morgan fingerprint density at radius 1 is 0.923 bits per heavy atom. The molecule has 0 amide bonds. The van der Waals surface area contributed by atoms with Gasteiger partial charge in [-0.1, -0.05) is 0 Å². The van der Waals surface area contributed by atoms with Crippen molar-refractivity contribution in [3.8, 4) is 0 Å². The highest BCUT2D eigenvalue weighted by molar-refractivity contribution is 4.93. The van der Waals surface area contributed by atoms with Crippen LogP contribution in [0.2, 0.25) is 0 Å². The van der Waals surface area contributed by atoms with Gasteiger partial charge in [0, 0.05) is 0 Å². The van der Waals surface area contributed by atoms with E-state index in [1.54, 1.807) is 0 Å². The maximum atomic E-state index is 9.21. The van der Waals surface area contributed by atoms with Crippen LogP contribution in [-0.4, -0.2) is 73.0 Å². The summed E-state index contributed by atoms with van der Waals surface area (Å²) >= 11 is 0. The fraction of sp³-hybridized carbons (Fsp3) is 1.00. The second-order valence-corrected chi connectivity index (χ2v) is 3.02. The minimum absolute atomic E-state index is 0.224. The molecule has 0 aromatic rings. The van der Waals surface area contributed by atoms with Gasteiger partial charge in [0.05, 0.1) is 12.6 Å². The summed E-state index contributed by atoms with van der Waals surface area (Å²) in [6.07, 6.45) is -6.47. The summed E-state index contributed by atoms with van der Waals surface area (Å²) in [6.45, 7) is -0.640. The van der Waals surface area contributed by atoms with E-state index < -0.39 is 37.2 Å². The van der Waals surface area contributed by atoms with Crippen LogP contribution in [0.3, 0.4) is 0 Å². The molecule has 0 aromatic heterocycles. The van der Waals surface area contributed by atoms with Crippen LogP contribution in [0, 0.1) is 0 Å². The molecular formula is C6H13NO6. The van der Waals surface area contributed by atoms with Gasteiger partial charge in [-0.25, -0.2) is 0 Å². The molecule has 0 spiro atoms. The van der Waals surface area contributed by atoms with Crippen molar-refractivity contribution in [1.29, 1.82) is 0 Å². The minimum atomic E-state index is -1.71. The zero-order valence-electron chi connectivity index (χ0n) is 6.72. The standard InChI is InChI=1S/C6H13NO6/c8-1-2-3(9)4(10)5(11)6(12)7(2)13/h2-6,8-13H,1H2/t2-,3-,4+,5-,6?/m1/s1.